The molecule has 2 aliphatic carbocycles. The molecule has 0 aliphatic heterocycles. The van der Waals surface area contributed by atoms with Gasteiger partial charge in [-0.25, -0.2) is 4.98 Å². The number of hydrogen-bond acceptors (Lipinski definition) is 3. The standard InChI is InChI=1S/C16H21N3/c1-10-6-7-14(11(10)2)18-16-13(9-17)8-12-4-3-5-15(12)19-16/h8,10-11,14H,3-7H2,1-2H3,(H,18,19). The summed E-state index contributed by atoms with van der Waals surface area (Å²) in [5.74, 6) is 2.23. The Kier molecular flexibility index (Phi) is 3.18. The number of rotatable bonds is 2. The third-order valence-corrected chi connectivity index (χ3v) is 4.96. The van der Waals surface area contributed by atoms with Gasteiger partial charge in [0.1, 0.15) is 11.9 Å². The molecule has 1 aromatic rings. The summed E-state index contributed by atoms with van der Waals surface area (Å²) >= 11 is 0. The van der Waals surface area contributed by atoms with E-state index in [1.54, 1.807) is 0 Å². The summed E-state index contributed by atoms with van der Waals surface area (Å²) in [6, 6.07) is 4.81. The van der Waals surface area contributed by atoms with Gasteiger partial charge in [-0.15, -0.1) is 0 Å². The SMILES string of the molecule is CC1CCC(Nc2nc3c(cc2C#N)CCC3)C1C. The molecule has 0 saturated heterocycles. The van der Waals surface area contributed by atoms with Crippen molar-refractivity contribution in [2.75, 3.05) is 5.32 Å². The Morgan fingerprint density at radius 2 is 2.16 bits per heavy atom. The van der Waals surface area contributed by atoms with E-state index in [0.29, 0.717) is 17.5 Å². The fourth-order valence-corrected chi connectivity index (χ4v) is 3.41. The summed E-state index contributed by atoms with van der Waals surface area (Å²) in [6.07, 6.45) is 5.77. The lowest BCUT2D eigenvalue weighted by atomic mass is 9.97. The van der Waals surface area contributed by atoms with Crippen LogP contribution in [0.2, 0.25) is 0 Å². The van der Waals surface area contributed by atoms with Gasteiger partial charge < -0.3 is 5.32 Å². The maximum atomic E-state index is 9.31. The monoisotopic (exact) mass is 255 g/mol. The molecular weight excluding hydrogens is 234 g/mol. The first-order valence-corrected chi connectivity index (χ1v) is 7.38. The highest BCUT2D eigenvalue weighted by Gasteiger charge is 2.30. The van der Waals surface area contributed by atoms with Gasteiger partial charge in [-0.2, -0.15) is 5.26 Å². The maximum Gasteiger partial charge on any atom is 0.144 e. The predicted molar refractivity (Wildman–Crippen MR) is 75.9 cm³/mol. The fraction of sp³-hybridized carbons (Fsp3) is 0.625. The summed E-state index contributed by atoms with van der Waals surface area (Å²) in [5.41, 5.74) is 3.18. The third-order valence-electron chi connectivity index (χ3n) is 4.96. The van der Waals surface area contributed by atoms with E-state index in [1.807, 2.05) is 6.07 Å². The van der Waals surface area contributed by atoms with E-state index in [1.165, 1.54) is 30.5 Å². The molecule has 3 rings (SSSR count). The minimum absolute atomic E-state index is 0.467. The normalized spacial score (nSPS) is 29.0. The number of aryl methyl sites for hydroxylation is 2. The first-order chi connectivity index (χ1) is 9.19. The van der Waals surface area contributed by atoms with Gasteiger partial charge in [0.15, 0.2) is 0 Å². The lowest BCUT2D eigenvalue weighted by Crippen LogP contribution is -2.25. The van der Waals surface area contributed by atoms with Crippen molar-refractivity contribution in [3.8, 4) is 6.07 Å². The van der Waals surface area contributed by atoms with Crippen LogP contribution in [0.1, 0.15) is 49.9 Å². The highest BCUT2D eigenvalue weighted by molar-refractivity contribution is 5.55. The Hall–Kier alpha value is -1.56. The highest BCUT2D eigenvalue weighted by Crippen LogP contribution is 2.34. The van der Waals surface area contributed by atoms with Crippen molar-refractivity contribution in [1.29, 1.82) is 5.26 Å². The van der Waals surface area contributed by atoms with Crippen molar-refractivity contribution in [2.24, 2.45) is 11.8 Å². The van der Waals surface area contributed by atoms with Crippen molar-refractivity contribution < 1.29 is 0 Å². The maximum absolute atomic E-state index is 9.31. The van der Waals surface area contributed by atoms with Crippen LogP contribution in [0, 0.1) is 23.2 Å². The Morgan fingerprint density at radius 1 is 1.32 bits per heavy atom. The second-order valence-electron chi connectivity index (χ2n) is 6.12. The van der Waals surface area contributed by atoms with Gasteiger partial charge in [-0.05, 0) is 55.6 Å². The Bertz CT molecular complexity index is 530. The molecule has 0 radical (unpaired) electrons. The van der Waals surface area contributed by atoms with Crippen LogP contribution in [-0.2, 0) is 12.8 Å². The van der Waals surface area contributed by atoms with Gasteiger partial charge in [0, 0.05) is 11.7 Å². The lowest BCUT2D eigenvalue weighted by molar-refractivity contribution is 0.435. The fourth-order valence-electron chi connectivity index (χ4n) is 3.41. The second-order valence-corrected chi connectivity index (χ2v) is 6.12. The van der Waals surface area contributed by atoms with Crippen molar-refractivity contribution in [3.63, 3.8) is 0 Å². The average Bonchev–Trinajstić information content (AvgIpc) is 2.99. The van der Waals surface area contributed by atoms with Gasteiger partial charge in [0.2, 0.25) is 0 Å². The topological polar surface area (TPSA) is 48.7 Å². The van der Waals surface area contributed by atoms with E-state index < -0.39 is 0 Å². The van der Waals surface area contributed by atoms with Crippen LogP contribution in [-0.4, -0.2) is 11.0 Å². The van der Waals surface area contributed by atoms with E-state index in [-0.39, 0.29) is 0 Å². The molecule has 1 fully saturated rings. The molecule has 0 aromatic carbocycles. The minimum atomic E-state index is 0.467. The van der Waals surface area contributed by atoms with E-state index in [0.717, 1.165) is 24.6 Å². The van der Waals surface area contributed by atoms with Crippen LogP contribution in [0.4, 0.5) is 5.82 Å². The van der Waals surface area contributed by atoms with Crippen LogP contribution in [0.15, 0.2) is 6.07 Å². The van der Waals surface area contributed by atoms with Gasteiger partial charge >= 0.3 is 0 Å². The molecule has 1 N–H and O–H groups in total. The molecule has 0 amide bonds. The number of nitrogens with zero attached hydrogens (tertiary/aromatic N) is 2. The van der Waals surface area contributed by atoms with Gasteiger partial charge in [-0.1, -0.05) is 13.8 Å². The number of hydrogen-bond donors (Lipinski definition) is 1. The zero-order valence-electron chi connectivity index (χ0n) is 11.7. The lowest BCUT2D eigenvalue weighted by Gasteiger charge is -2.21. The van der Waals surface area contributed by atoms with Crippen molar-refractivity contribution in [2.45, 2.75) is 52.0 Å². The van der Waals surface area contributed by atoms with Crippen LogP contribution in [0.3, 0.4) is 0 Å². The van der Waals surface area contributed by atoms with Crippen LogP contribution in [0.5, 0.6) is 0 Å². The summed E-state index contributed by atoms with van der Waals surface area (Å²) < 4.78 is 0. The molecular formula is C16H21N3. The summed E-state index contributed by atoms with van der Waals surface area (Å²) in [4.78, 5) is 4.71. The van der Waals surface area contributed by atoms with Crippen molar-refractivity contribution in [3.05, 3.63) is 22.9 Å². The van der Waals surface area contributed by atoms with E-state index in [2.05, 4.69) is 25.2 Å². The summed E-state index contributed by atoms with van der Waals surface area (Å²) in [6.45, 7) is 4.61. The van der Waals surface area contributed by atoms with Gasteiger partial charge in [0.25, 0.3) is 0 Å². The third kappa shape index (κ3) is 2.20. The van der Waals surface area contributed by atoms with Crippen LogP contribution < -0.4 is 5.32 Å². The molecule has 0 spiro atoms. The average molecular weight is 255 g/mol. The highest BCUT2D eigenvalue weighted by atomic mass is 15.0. The zero-order chi connectivity index (χ0) is 13.4. The summed E-state index contributed by atoms with van der Waals surface area (Å²) in [7, 11) is 0. The predicted octanol–water partition coefficient (Wildman–Crippen LogP) is 3.29. The first-order valence-electron chi connectivity index (χ1n) is 7.38. The van der Waals surface area contributed by atoms with Crippen molar-refractivity contribution >= 4 is 5.82 Å². The van der Waals surface area contributed by atoms with Crippen LogP contribution in [0.25, 0.3) is 0 Å². The molecule has 3 nitrogen and oxygen atoms in total. The van der Waals surface area contributed by atoms with Crippen LogP contribution >= 0.6 is 0 Å². The Labute approximate surface area is 115 Å². The first kappa shape index (κ1) is 12.5. The molecule has 0 bridgehead atoms. The molecule has 1 heterocycles. The van der Waals surface area contributed by atoms with Crippen molar-refractivity contribution in [1.82, 2.24) is 4.98 Å². The number of anilines is 1. The number of nitriles is 1. The number of aromatic nitrogens is 1. The zero-order valence-corrected chi connectivity index (χ0v) is 11.7. The van der Waals surface area contributed by atoms with Gasteiger partial charge in [-0.3, -0.25) is 0 Å². The Morgan fingerprint density at radius 3 is 2.84 bits per heavy atom. The van der Waals surface area contributed by atoms with E-state index in [4.69, 9.17) is 4.98 Å². The number of fused-ring (bicyclic) bond motifs is 1. The molecule has 3 atom stereocenters. The molecule has 19 heavy (non-hydrogen) atoms. The van der Waals surface area contributed by atoms with E-state index >= 15 is 0 Å². The smallest absolute Gasteiger partial charge is 0.144 e. The Balaban J connectivity index is 1.87. The minimum Gasteiger partial charge on any atom is -0.366 e. The molecule has 3 heteroatoms. The molecule has 2 aliphatic rings. The molecule has 1 saturated carbocycles. The van der Waals surface area contributed by atoms with Gasteiger partial charge in [0.05, 0.1) is 5.56 Å². The molecule has 3 unspecified atom stereocenters. The quantitative estimate of drug-likeness (QED) is 0.882. The molecule has 1 aromatic heterocycles. The number of nitrogens with one attached hydrogen (secondary N) is 1. The second kappa shape index (κ2) is 4.85. The summed E-state index contributed by atoms with van der Waals surface area (Å²) in [5, 5.41) is 12.8. The largest absolute Gasteiger partial charge is 0.366 e. The van der Waals surface area contributed by atoms with E-state index in [9.17, 15) is 5.26 Å². The molecule has 100 valence electrons. The number of pyridine rings is 1.